The van der Waals surface area contributed by atoms with Gasteiger partial charge in [-0.25, -0.2) is 0 Å². The lowest BCUT2D eigenvalue weighted by atomic mass is 10.1. The zero-order valence-corrected chi connectivity index (χ0v) is 8.29. The minimum atomic E-state index is 0.558. The van der Waals surface area contributed by atoms with Gasteiger partial charge in [-0.15, -0.1) is 0 Å². The SMILES string of the molecule is C=C/C=c1/cco/c1=C/C(C)CC. The third kappa shape index (κ3) is 2.62. The molecule has 70 valence electrons. The molecule has 0 aliphatic heterocycles. The Labute approximate surface area is 79.1 Å². The van der Waals surface area contributed by atoms with Crippen molar-refractivity contribution < 1.29 is 4.42 Å². The highest BCUT2D eigenvalue weighted by Crippen LogP contribution is 2.00. The van der Waals surface area contributed by atoms with Gasteiger partial charge in [-0.3, -0.25) is 0 Å². The van der Waals surface area contributed by atoms with Gasteiger partial charge >= 0.3 is 0 Å². The Hall–Kier alpha value is -1.24. The van der Waals surface area contributed by atoms with Gasteiger partial charge in [0.2, 0.25) is 0 Å². The monoisotopic (exact) mass is 176 g/mol. The van der Waals surface area contributed by atoms with Gasteiger partial charge in [0.15, 0.2) is 0 Å². The van der Waals surface area contributed by atoms with E-state index in [-0.39, 0.29) is 0 Å². The normalized spacial score (nSPS) is 16.2. The molecule has 0 N–H and O–H groups in total. The van der Waals surface area contributed by atoms with Crippen molar-refractivity contribution in [3.05, 3.63) is 35.6 Å². The van der Waals surface area contributed by atoms with E-state index in [1.165, 1.54) is 0 Å². The molecule has 13 heavy (non-hydrogen) atoms. The maximum atomic E-state index is 5.36. The van der Waals surface area contributed by atoms with Gasteiger partial charge in [0.25, 0.3) is 0 Å². The van der Waals surface area contributed by atoms with Crippen LogP contribution in [0.25, 0.3) is 12.2 Å². The summed E-state index contributed by atoms with van der Waals surface area (Å²) in [5, 5.41) is 1.11. The molecule has 1 aromatic heterocycles. The lowest BCUT2D eigenvalue weighted by Gasteiger charge is -1.96. The molecule has 0 saturated heterocycles. The van der Waals surface area contributed by atoms with Crippen molar-refractivity contribution in [1.82, 2.24) is 0 Å². The highest BCUT2D eigenvalue weighted by Gasteiger charge is 1.94. The number of furan rings is 1. The first-order chi connectivity index (χ1) is 6.27. The van der Waals surface area contributed by atoms with Crippen LogP contribution in [0.5, 0.6) is 0 Å². The first-order valence-corrected chi connectivity index (χ1v) is 4.66. The zero-order valence-electron chi connectivity index (χ0n) is 8.29. The van der Waals surface area contributed by atoms with Gasteiger partial charge in [-0.1, -0.05) is 32.6 Å². The second-order valence-electron chi connectivity index (χ2n) is 3.19. The van der Waals surface area contributed by atoms with E-state index in [0.29, 0.717) is 5.92 Å². The van der Waals surface area contributed by atoms with Crippen LogP contribution in [0.3, 0.4) is 0 Å². The van der Waals surface area contributed by atoms with Gasteiger partial charge in [0, 0.05) is 5.22 Å². The summed E-state index contributed by atoms with van der Waals surface area (Å²) in [6, 6.07) is 1.95. The highest BCUT2D eigenvalue weighted by atomic mass is 16.3. The van der Waals surface area contributed by atoms with Gasteiger partial charge in [0.05, 0.1) is 6.26 Å². The maximum absolute atomic E-state index is 5.36. The van der Waals surface area contributed by atoms with Crippen LogP contribution in [-0.4, -0.2) is 0 Å². The summed E-state index contributed by atoms with van der Waals surface area (Å²) in [5.41, 5.74) is 0.953. The van der Waals surface area contributed by atoms with E-state index >= 15 is 0 Å². The fourth-order valence-corrected chi connectivity index (χ4v) is 1.11. The molecule has 1 heteroatoms. The van der Waals surface area contributed by atoms with Crippen LogP contribution in [0.4, 0.5) is 0 Å². The zero-order chi connectivity index (χ0) is 9.68. The van der Waals surface area contributed by atoms with Crippen LogP contribution in [0, 0.1) is 5.92 Å². The van der Waals surface area contributed by atoms with E-state index in [1.54, 1.807) is 12.3 Å². The van der Waals surface area contributed by atoms with Crippen molar-refractivity contribution in [2.45, 2.75) is 20.3 Å². The molecular weight excluding hydrogens is 160 g/mol. The van der Waals surface area contributed by atoms with Gasteiger partial charge < -0.3 is 4.42 Å². The Morgan fingerprint density at radius 3 is 3.00 bits per heavy atom. The lowest BCUT2D eigenvalue weighted by molar-refractivity contribution is 0.524. The minimum absolute atomic E-state index is 0.558. The van der Waals surface area contributed by atoms with E-state index in [1.807, 2.05) is 12.1 Å². The molecule has 1 nitrogen and oxygen atoms in total. The van der Waals surface area contributed by atoms with Crippen molar-refractivity contribution in [1.29, 1.82) is 0 Å². The predicted octanol–water partition coefficient (Wildman–Crippen LogP) is 2.07. The third-order valence-electron chi connectivity index (χ3n) is 2.10. The van der Waals surface area contributed by atoms with E-state index in [4.69, 9.17) is 4.42 Å². The predicted molar refractivity (Wildman–Crippen MR) is 56.5 cm³/mol. The molecular formula is C12H16O. The van der Waals surface area contributed by atoms with Crippen LogP contribution >= 0.6 is 0 Å². The van der Waals surface area contributed by atoms with Crippen molar-refractivity contribution >= 4 is 12.2 Å². The number of rotatable bonds is 3. The number of allylic oxidation sites excluding steroid dienone is 1. The molecule has 0 amide bonds. The Morgan fingerprint density at radius 1 is 1.62 bits per heavy atom. The third-order valence-corrected chi connectivity index (χ3v) is 2.10. The maximum Gasteiger partial charge on any atom is 0.130 e. The highest BCUT2D eigenvalue weighted by molar-refractivity contribution is 5.36. The van der Waals surface area contributed by atoms with Crippen LogP contribution in [0.15, 0.2) is 29.4 Å². The molecule has 0 fully saturated rings. The Bertz CT molecular complexity index is 370. The summed E-state index contributed by atoms with van der Waals surface area (Å²) < 4.78 is 5.36. The first-order valence-electron chi connectivity index (χ1n) is 4.66. The molecule has 0 bridgehead atoms. The molecule has 0 aliphatic carbocycles. The van der Waals surface area contributed by atoms with E-state index in [9.17, 15) is 0 Å². The standard InChI is InChI=1S/C12H16O/c1-4-6-11-7-8-13-12(11)9-10(3)5-2/h4,6-10H,1,5H2,2-3H3/b11-6-,12-9+. The molecule has 1 aromatic rings. The molecule has 1 heterocycles. The van der Waals surface area contributed by atoms with E-state index in [2.05, 4.69) is 26.5 Å². The van der Waals surface area contributed by atoms with Crippen LogP contribution in [-0.2, 0) is 0 Å². The molecule has 0 saturated carbocycles. The molecule has 1 atom stereocenters. The topological polar surface area (TPSA) is 13.1 Å². The molecule has 0 aromatic carbocycles. The number of hydrogen-bond acceptors (Lipinski definition) is 1. The average molecular weight is 176 g/mol. The molecule has 0 spiro atoms. The quantitative estimate of drug-likeness (QED) is 0.687. The number of hydrogen-bond donors (Lipinski definition) is 0. The van der Waals surface area contributed by atoms with Crippen molar-refractivity contribution in [2.24, 2.45) is 5.92 Å². The largest absolute Gasteiger partial charge is 0.465 e. The van der Waals surface area contributed by atoms with Gasteiger partial charge in [0.1, 0.15) is 5.42 Å². The van der Waals surface area contributed by atoms with Crippen LogP contribution in [0.1, 0.15) is 20.3 Å². The average Bonchev–Trinajstić information content (AvgIpc) is 2.54. The fourth-order valence-electron chi connectivity index (χ4n) is 1.11. The Balaban J connectivity index is 3.14. The second-order valence-corrected chi connectivity index (χ2v) is 3.19. The summed E-state index contributed by atoms with van der Waals surface area (Å²) in [6.45, 7) is 8.01. The Morgan fingerprint density at radius 2 is 2.38 bits per heavy atom. The molecule has 0 radical (unpaired) electrons. The molecule has 1 rings (SSSR count). The summed E-state index contributed by atoms with van der Waals surface area (Å²) in [4.78, 5) is 0. The summed E-state index contributed by atoms with van der Waals surface area (Å²) in [7, 11) is 0. The van der Waals surface area contributed by atoms with Crippen molar-refractivity contribution in [3.8, 4) is 0 Å². The lowest BCUT2D eigenvalue weighted by Crippen LogP contribution is -2.19. The van der Waals surface area contributed by atoms with Crippen LogP contribution in [0.2, 0.25) is 0 Å². The smallest absolute Gasteiger partial charge is 0.130 e. The molecule has 0 aliphatic rings. The summed E-state index contributed by atoms with van der Waals surface area (Å²) >= 11 is 0. The fraction of sp³-hybridized carbons (Fsp3) is 0.333. The summed E-state index contributed by atoms with van der Waals surface area (Å²) in [6.07, 6.45) is 8.73. The van der Waals surface area contributed by atoms with E-state index < -0.39 is 0 Å². The first kappa shape index (κ1) is 9.85. The van der Waals surface area contributed by atoms with Gasteiger partial charge in [-0.05, 0) is 24.5 Å². The minimum Gasteiger partial charge on any atom is -0.465 e. The Kier molecular flexibility index (Phi) is 3.56. The van der Waals surface area contributed by atoms with Crippen molar-refractivity contribution in [2.75, 3.05) is 0 Å². The van der Waals surface area contributed by atoms with Crippen molar-refractivity contribution in [3.63, 3.8) is 0 Å². The van der Waals surface area contributed by atoms with E-state index in [0.717, 1.165) is 17.1 Å². The van der Waals surface area contributed by atoms with Crippen LogP contribution < -0.4 is 10.6 Å². The van der Waals surface area contributed by atoms with Gasteiger partial charge in [-0.2, -0.15) is 0 Å². The second kappa shape index (κ2) is 4.70. The summed E-state index contributed by atoms with van der Waals surface area (Å²) in [5.74, 6) is 0.558. The molecule has 1 unspecified atom stereocenters.